The van der Waals surface area contributed by atoms with Gasteiger partial charge >= 0.3 is 0 Å². The Morgan fingerprint density at radius 2 is 2.12 bits per heavy atom. The zero-order chi connectivity index (χ0) is 16.8. The van der Waals surface area contributed by atoms with Crippen molar-refractivity contribution >= 4 is 11.6 Å². The largest absolute Gasteiger partial charge is 0.467 e. The molecule has 1 fully saturated rings. The molecule has 0 aliphatic carbocycles. The summed E-state index contributed by atoms with van der Waals surface area (Å²) in [5.74, 6) is 0.761. The average molecular weight is 352 g/mol. The monoisotopic (exact) mass is 351 g/mol. The van der Waals surface area contributed by atoms with Gasteiger partial charge in [0.1, 0.15) is 12.4 Å². The number of hydrogen-bond acceptors (Lipinski definition) is 5. The van der Waals surface area contributed by atoms with Crippen molar-refractivity contribution in [2.75, 3.05) is 32.8 Å². The van der Waals surface area contributed by atoms with Gasteiger partial charge in [-0.3, -0.25) is 4.90 Å². The van der Waals surface area contributed by atoms with Gasteiger partial charge in [-0.2, -0.15) is 0 Å². The van der Waals surface area contributed by atoms with Gasteiger partial charge in [-0.1, -0.05) is 23.7 Å². The van der Waals surface area contributed by atoms with Crippen LogP contribution in [0.5, 0.6) is 0 Å². The Kier molecular flexibility index (Phi) is 6.29. The molecule has 0 amide bonds. The Bertz CT molecular complexity index is 602. The number of hydrogen-bond donors (Lipinski definition) is 1. The zero-order valence-electron chi connectivity index (χ0n) is 13.4. The number of nitrogens with zero attached hydrogens (tertiary/aromatic N) is 1. The average Bonchev–Trinajstić information content (AvgIpc) is 3.09. The van der Waals surface area contributed by atoms with Crippen molar-refractivity contribution in [2.45, 2.75) is 18.8 Å². The first-order valence-electron chi connectivity index (χ1n) is 8.08. The molecule has 1 N–H and O–H groups in total. The number of morpholine rings is 1. The van der Waals surface area contributed by atoms with Gasteiger partial charge in [0.15, 0.2) is 0 Å². The van der Waals surface area contributed by atoms with Gasteiger partial charge in [0.05, 0.1) is 31.7 Å². The van der Waals surface area contributed by atoms with Crippen molar-refractivity contribution in [2.24, 2.45) is 0 Å². The predicted octanol–water partition coefficient (Wildman–Crippen LogP) is 2.88. The first kappa shape index (κ1) is 17.5. The van der Waals surface area contributed by atoms with E-state index in [1.807, 2.05) is 36.4 Å². The van der Waals surface area contributed by atoms with E-state index in [4.69, 9.17) is 25.5 Å². The van der Waals surface area contributed by atoms with Crippen LogP contribution in [-0.2, 0) is 16.1 Å². The Labute approximate surface area is 146 Å². The smallest absolute Gasteiger partial charge is 0.129 e. The molecular weight excluding hydrogens is 330 g/mol. The highest BCUT2D eigenvalue weighted by molar-refractivity contribution is 6.30. The number of aliphatic hydroxyl groups is 1. The van der Waals surface area contributed by atoms with Crippen molar-refractivity contribution in [1.82, 2.24) is 4.90 Å². The van der Waals surface area contributed by atoms with E-state index in [0.717, 1.165) is 29.4 Å². The number of rotatable bonds is 7. The van der Waals surface area contributed by atoms with Crippen LogP contribution in [0.3, 0.4) is 0 Å². The molecule has 6 heteroatoms. The van der Waals surface area contributed by atoms with Crippen LogP contribution in [0.2, 0.25) is 5.02 Å². The van der Waals surface area contributed by atoms with E-state index in [-0.39, 0.29) is 12.7 Å². The van der Waals surface area contributed by atoms with Crippen LogP contribution in [0, 0.1) is 0 Å². The summed E-state index contributed by atoms with van der Waals surface area (Å²) < 4.78 is 16.5. The molecule has 5 nitrogen and oxygen atoms in total. The second-order valence-electron chi connectivity index (χ2n) is 5.92. The van der Waals surface area contributed by atoms with Crippen LogP contribution >= 0.6 is 11.6 Å². The van der Waals surface area contributed by atoms with Gasteiger partial charge in [-0.15, -0.1) is 0 Å². The fourth-order valence-corrected chi connectivity index (χ4v) is 2.91. The quantitative estimate of drug-likeness (QED) is 0.831. The van der Waals surface area contributed by atoms with Crippen LogP contribution in [-0.4, -0.2) is 49.0 Å². The highest BCUT2D eigenvalue weighted by atomic mass is 35.5. The Hall–Kier alpha value is -1.37. The maximum atomic E-state index is 10.2. The summed E-state index contributed by atoms with van der Waals surface area (Å²) in [5.41, 5.74) is 1.10. The summed E-state index contributed by atoms with van der Waals surface area (Å²) >= 11 is 5.93. The highest BCUT2D eigenvalue weighted by Gasteiger charge is 2.23. The fourth-order valence-electron chi connectivity index (χ4n) is 2.79. The van der Waals surface area contributed by atoms with E-state index in [9.17, 15) is 5.11 Å². The second kappa shape index (κ2) is 8.65. The minimum atomic E-state index is -0.538. The molecule has 0 spiro atoms. The predicted molar refractivity (Wildman–Crippen MR) is 91.0 cm³/mol. The molecule has 1 aliphatic heterocycles. The third-order valence-corrected chi connectivity index (χ3v) is 4.25. The van der Waals surface area contributed by atoms with Gasteiger partial charge in [-0.25, -0.2) is 0 Å². The Morgan fingerprint density at radius 3 is 2.88 bits per heavy atom. The van der Waals surface area contributed by atoms with E-state index >= 15 is 0 Å². The van der Waals surface area contributed by atoms with Gasteiger partial charge < -0.3 is 19.0 Å². The lowest BCUT2D eigenvalue weighted by atomic mass is 10.1. The van der Waals surface area contributed by atoms with Crippen molar-refractivity contribution in [3.63, 3.8) is 0 Å². The summed E-state index contributed by atoms with van der Waals surface area (Å²) in [7, 11) is 0. The molecule has 0 radical (unpaired) electrons. The van der Waals surface area contributed by atoms with Crippen molar-refractivity contribution < 1.29 is 19.0 Å². The number of furan rings is 1. The van der Waals surface area contributed by atoms with Gasteiger partial charge in [-0.05, 0) is 29.8 Å². The summed E-state index contributed by atoms with van der Waals surface area (Å²) in [6, 6.07) is 11.4. The molecule has 1 saturated heterocycles. The molecule has 1 aromatic heterocycles. The summed E-state index contributed by atoms with van der Waals surface area (Å²) in [6.45, 7) is 3.42. The summed E-state index contributed by atoms with van der Waals surface area (Å²) in [4.78, 5) is 2.20. The molecule has 2 atom stereocenters. The highest BCUT2D eigenvalue weighted by Crippen LogP contribution is 2.23. The zero-order valence-corrected chi connectivity index (χ0v) is 14.2. The molecule has 0 bridgehead atoms. The molecule has 1 aromatic carbocycles. The lowest BCUT2D eigenvalue weighted by molar-refractivity contribution is -0.0544. The van der Waals surface area contributed by atoms with Crippen LogP contribution in [0.1, 0.15) is 17.4 Å². The first-order chi connectivity index (χ1) is 11.7. The molecule has 130 valence electrons. The van der Waals surface area contributed by atoms with Crippen molar-refractivity contribution in [1.29, 1.82) is 0 Å². The molecule has 0 saturated carbocycles. The number of β-amino-alcohol motifs (C(OH)–C–C–N with tert-alkyl or cyclic N) is 1. The van der Waals surface area contributed by atoms with E-state index in [2.05, 4.69) is 4.90 Å². The number of aliphatic hydroxyl groups excluding tert-OH is 1. The van der Waals surface area contributed by atoms with Crippen LogP contribution in [0.25, 0.3) is 0 Å². The SMILES string of the molecule is O[C@@H](COCc1ccco1)CN1CCO[C@H](c2ccc(Cl)cc2)C1. The lowest BCUT2D eigenvalue weighted by Crippen LogP contribution is -2.43. The molecule has 3 rings (SSSR count). The molecule has 1 aliphatic rings. The Morgan fingerprint density at radius 1 is 1.29 bits per heavy atom. The maximum Gasteiger partial charge on any atom is 0.129 e. The van der Waals surface area contributed by atoms with E-state index < -0.39 is 6.10 Å². The summed E-state index contributed by atoms with van der Waals surface area (Å²) in [6.07, 6.45) is 1.08. The standard InChI is InChI=1S/C18H22ClNO4/c19-15-5-3-14(4-6-15)18-11-20(7-9-24-18)10-16(21)12-22-13-17-2-1-8-23-17/h1-6,8,16,18,21H,7,9-13H2/t16-,18+/m1/s1. The lowest BCUT2D eigenvalue weighted by Gasteiger charge is -2.34. The Balaban J connectivity index is 1.43. The first-order valence-corrected chi connectivity index (χ1v) is 8.46. The summed E-state index contributed by atoms with van der Waals surface area (Å²) in [5, 5.41) is 10.9. The molecule has 2 heterocycles. The topological polar surface area (TPSA) is 55.1 Å². The van der Waals surface area contributed by atoms with Crippen LogP contribution in [0.4, 0.5) is 0 Å². The number of benzene rings is 1. The second-order valence-corrected chi connectivity index (χ2v) is 6.36. The number of halogens is 1. The molecular formula is C18H22ClNO4. The minimum absolute atomic E-state index is 0.00672. The fraction of sp³-hybridized carbons (Fsp3) is 0.444. The van der Waals surface area contributed by atoms with Crippen molar-refractivity contribution in [3.05, 3.63) is 59.0 Å². The maximum absolute atomic E-state index is 10.2. The third-order valence-electron chi connectivity index (χ3n) is 4.00. The number of ether oxygens (including phenoxy) is 2. The minimum Gasteiger partial charge on any atom is -0.467 e. The van der Waals surface area contributed by atoms with E-state index in [1.165, 1.54) is 0 Å². The molecule has 0 unspecified atom stereocenters. The van der Waals surface area contributed by atoms with E-state index in [0.29, 0.717) is 19.8 Å². The normalized spacial score (nSPS) is 20.2. The van der Waals surface area contributed by atoms with Crippen molar-refractivity contribution in [3.8, 4) is 0 Å². The van der Waals surface area contributed by atoms with Gasteiger partial charge in [0.25, 0.3) is 0 Å². The third kappa shape index (κ3) is 5.06. The van der Waals surface area contributed by atoms with Crippen LogP contribution < -0.4 is 0 Å². The molecule has 2 aromatic rings. The van der Waals surface area contributed by atoms with Gasteiger partial charge in [0, 0.05) is 24.7 Å². The molecule has 24 heavy (non-hydrogen) atoms. The van der Waals surface area contributed by atoms with Gasteiger partial charge in [0.2, 0.25) is 0 Å². The van der Waals surface area contributed by atoms with E-state index in [1.54, 1.807) is 6.26 Å². The van der Waals surface area contributed by atoms with Crippen LogP contribution in [0.15, 0.2) is 47.1 Å².